The molecule has 2 aromatic rings. The Kier molecular flexibility index (Phi) is 3.63. The molecule has 2 aromatic carbocycles. The van der Waals surface area contributed by atoms with E-state index < -0.39 is 15.7 Å². The van der Waals surface area contributed by atoms with Gasteiger partial charge in [-0.25, -0.2) is 12.8 Å². The molecule has 0 heterocycles. The maximum absolute atomic E-state index is 12.8. The van der Waals surface area contributed by atoms with E-state index in [2.05, 4.69) is 0 Å². The quantitative estimate of drug-likeness (QED) is 0.809. The first-order valence-electron chi connectivity index (χ1n) is 5.49. The van der Waals surface area contributed by atoms with Gasteiger partial charge in [0.05, 0.1) is 22.3 Å². The van der Waals surface area contributed by atoms with E-state index in [9.17, 15) is 12.8 Å². The third-order valence-corrected chi connectivity index (χ3v) is 4.34. The Balaban J connectivity index is 2.37. The third-order valence-electron chi connectivity index (χ3n) is 2.66. The first-order valence-corrected chi connectivity index (χ1v) is 7.14. The van der Waals surface area contributed by atoms with Gasteiger partial charge in [0.25, 0.3) is 0 Å². The lowest BCUT2D eigenvalue weighted by molar-refractivity contribution is 0.594. The average Bonchev–Trinajstić information content (AvgIpc) is 2.39. The van der Waals surface area contributed by atoms with Gasteiger partial charge >= 0.3 is 0 Å². The van der Waals surface area contributed by atoms with Gasteiger partial charge in [-0.1, -0.05) is 18.2 Å². The summed E-state index contributed by atoms with van der Waals surface area (Å²) in [6, 6.07) is 13.1. The number of halogens is 1. The molecule has 0 N–H and O–H groups in total. The van der Waals surface area contributed by atoms with Gasteiger partial charge in [0, 0.05) is 0 Å². The molecule has 0 radical (unpaired) electrons. The van der Waals surface area contributed by atoms with Crippen molar-refractivity contribution >= 4 is 9.84 Å². The Morgan fingerprint density at radius 3 is 2.32 bits per heavy atom. The van der Waals surface area contributed by atoms with Crippen LogP contribution in [0.5, 0.6) is 0 Å². The van der Waals surface area contributed by atoms with Crippen LogP contribution in [0.2, 0.25) is 0 Å². The molecule has 96 valence electrons. The van der Waals surface area contributed by atoms with Crippen molar-refractivity contribution in [3.05, 3.63) is 65.5 Å². The first-order chi connectivity index (χ1) is 9.03. The minimum absolute atomic E-state index is 0.0432. The number of hydrogen-bond acceptors (Lipinski definition) is 3. The number of rotatable bonds is 3. The van der Waals surface area contributed by atoms with Crippen LogP contribution in [0.4, 0.5) is 4.39 Å². The summed E-state index contributed by atoms with van der Waals surface area (Å²) >= 11 is 0. The van der Waals surface area contributed by atoms with Crippen LogP contribution in [0, 0.1) is 17.1 Å². The van der Waals surface area contributed by atoms with E-state index in [1.165, 1.54) is 12.1 Å². The topological polar surface area (TPSA) is 57.9 Å². The van der Waals surface area contributed by atoms with Crippen LogP contribution < -0.4 is 0 Å². The lowest BCUT2D eigenvalue weighted by Gasteiger charge is -2.06. The molecule has 0 saturated heterocycles. The molecule has 0 aliphatic heterocycles. The van der Waals surface area contributed by atoms with Crippen molar-refractivity contribution in [1.82, 2.24) is 0 Å². The number of benzene rings is 2. The number of hydrogen-bond donors (Lipinski definition) is 0. The summed E-state index contributed by atoms with van der Waals surface area (Å²) in [5.41, 5.74) is 0.766. The van der Waals surface area contributed by atoms with Gasteiger partial charge in [-0.05, 0) is 35.9 Å². The van der Waals surface area contributed by atoms with Crippen molar-refractivity contribution in [2.75, 3.05) is 0 Å². The van der Waals surface area contributed by atoms with E-state index >= 15 is 0 Å². The van der Waals surface area contributed by atoms with Crippen molar-refractivity contribution in [3.63, 3.8) is 0 Å². The summed E-state index contributed by atoms with van der Waals surface area (Å²) < 4.78 is 37.1. The minimum Gasteiger partial charge on any atom is -0.223 e. The molecular formula is C14H10FNO2S. The molecule has 0 atom stereocenters. The summed E-state index contributed by atoms with van der Waals surface area (Å²) in [5.74, 6) is -0.765. The van der Waals surface area contributed by atoms with Gasteiger partial charge in [0.2, 0.25) is 0 Å². The van der Waals surface area contributed by atoms with Crippen LogP contribution in [-0.4, -0.2) is 8.42 Å². The lowest BCUT2D eigenvalue weighted by Crippen LogP contribution is -2.06. The summed E-state index contributed by atoms with van der Waals surface area (Å²) in [4.78, 5) is 0.0432. The smallest absolute Gasteiger partial charge is 0.182 e. The molecule has 2 rings (SSSR count). The summed E-state index contributed by atoms with van der Waals surface area (Å²) in [7, 11) is -3.58. The summed E-state index contributed by atoms with van der Waals surface area (Å²) in [6.07, 6.45) is 0. The van der Waals surface area contributed by atoms with Crippen LogP contribution in [0.15, 0.2) is 53.4 Å². The van der Waals surface area contributed by atoms with Gasteiger partial charge in [-0.15, -0.1) is 0 Å². The standard InChI is InChI=1S/C14H10FNO2S/c15-13-5-7-14(8-6-13)19(17,18)10-12-4-2-1-3-11(12)9-16/h1-8H,10H2. The molecule has 19 heavy (non-hydrogen) atoms. The van der Waals surface area contributed by atoms with Crippen molar-refractivity contribution in [1.29, 1.82) is 5.26 Å². The Hall–Kier alpha value is -2.19. The van der Waals surface area contributed by atoms with E-state index in [1.807, 2.05) is 6.07 Å². The van der Waals surface area contributed by atoms with Crippen LogP contribution >= 0.6 is 0 Å². The van der Waals surface area contributed by atoms with Crippen LogP contribution in [0.3, 0.4) is 0 Å². The largest absolute Gasteiger partial charge is 0.223 e. The predicted octanol–water partition coefficient (Wildman–Crippen LogP) is 2.67. The number of sulfone groups is 1. The lowest BCUT2D eigenvalue weighted by atomic mass is 10.1. The molecule has 0 spiro atoms. The Morgan fingerprint density at radius 1 is 1.05 bits per heavy atom. The highest BCUT2D eigenvalue weighted by Crippen LogP contribution is 2.18. The van der Waals surface area contributed by atoms with E-state index in [1.54, 1.807) is 24.3 Å². The second-order valence-corrected chi connectivity index (χ2v) is 5.97. The highest BCUT2D eigenvalue weighted by Gasteiger charge is 2.17. The highest BCUT2D eigenvalue weighted by atomic mass is 32.2. The zero-order valence-corrected chi connectivity index (χ0v) is 10.7. The molecular weight excluding hydrogens is 265 g/mol. The zero-order valence-electron chi connectivity index (χ0n) is 9.88. The SMILES string of the molecule is N#Cc1ccccc1CS(=O)(=O)c1ccc(F)cc1. The predicted molar refractivity (Wildman–Crippen MR) is 68.4 cm³/mol. The van der Waals surface area contributed by atoms with Gasteiger partial charge < -0.3 is 0 Å². The fraction of sp³-hybridized carbons (Fsp3) is 0.0714. The molecule has 0 aliphatic rings. The van der Waals surface area contributed by atoms with Crippen molar-refractivity contribution in [3.8, 4) is 6.07 Å². The molecule has 0 amide bonds. The van der Waals surface area contributed by atoms with Crippen molar-refractivity contribution < 1.29 is 12.8 Å². The van der Waals surface area contributed by atoms with Gasteiger partial charge in [-0.2, -0.15) is 5.26 Å². The second-order valence-electron chi connectivity index (χ2n) is 3.98. The molecule has 0 bridgehead atoms. The van der Waals surface area contributed by atoms with Crippen molar-refractivity contribution in [2.24, 2.45) is 0 Å². The average molecular weight is 275 g/mol. The first kappa shape index (κ1) is 13.2. The van der Waals surface area contributed by atoms with Crippen LogP contribution in [-0.2, 0) is 15.6 Å². The Bertz CT molecular complexity index is 731. The van der Waals surface area contributed by atoms with E-state index in [-0.39, 0.29) is 10.6 Å². The van der Waals surface area contributed by atoms with Gasteiger partial charge in [0.15, 0.2) is 9.84 Å². The Morgan fingerprint density at radius 2 is 1.68 bits per heavy atom. The van der Waals surface area contributed by atoms with Gasteiger partial charge in [-0.3, -0.25) is 0 Å². The van der Waals surface area contributed by atoms with E-state index in [0.29, 0.717) is 11.1 Å². The van der Waals surface area contributed by atoms with E-state index in [4.69, 9.17) is 5.26 Å². The summed E-state index contributed by atoms with van der Waals surface area (Å²) in [6.45, 7) is 0. The summed E-state index contributed by atoms with van der Waals surface area (Å²) in [5, 5.41) is 8.93. The maximum atomic E-state index is 12.8. The van der Waals surface area contributed by atoms with Crippen LogP contribution in [0.1, 0.15) is 11.1 Å². The molecule has 5 heteroatoms. The molecule has 0 fully saturated rings. The maximum Gasteiger partial charge on any atom is 0.182 e. The number of nitriles is 1. The fourth-order valence-electron chi connectivity index (χ4n) is 1.69. The normalized spacial score (nSPS) is 10.9. The van der Waals surface area contributed by atoms with E-state index in [0.717, 1.165) is 12.1 Å². The number of nitrogens with zero attached hydrogens (tertiary/aromatic N) is 1. The fourth-order valence-corrected chi connectivity index (χ4v) is 3.06. The molecule has 3 nitrogen and oxygen atoms in total. The third kappa shape index (κ3) is 2.98. The Labute approximate surface area is 110 Å². The van der Waals surface area contributed by atoms with Crippen molar-refractivity contribution in [2.45, 2.75) is 10.6 Å². The minimum atomic E-state index is -3.58. The zero-order chi connectivity index (χ0) is 13.9. The second kappa shape index (κ2) is 5.21. The van der Waals surface area contributed by atoms with Crippen LogP contribution in [0.25, 0.3) is 0 Å². The molecule has 0 aromatic heterocycles. The molecule has 0 unspecified atom stereocenters. The monoisotopic (exact) mass is 275 g/mol. The highest BCUT2D eigenvalue weighted by molar-refractivity contribution is 7.90. The van der Waals surface area contributed by atoms with Gasteiger partial charge in [0.1, 0.15) is 5.82 Å². The molecule has 0 saturated carbocycles. The molecule has 0 aliphatic carbocycles.